The molecule has 0 saturated heterocycles. The molecular formula is C40H30IrN2O2-2. The number of aromatic nitrogens is 2. The molecule has 5 heteroatoms. The average Bonchev–Trinajstić information content (AvgIpc) is 3.64. The van der Waals surface area contributed by atoms with Gasteiger partial charge in [-0.15, -0.1) is 54.1 Å². The SMILES string of the molecule is Cc1c(-c2ccccc2)oc2c1ccc1c3cc[c-]c(-c4cc(C(C)C)ccn4)c3oc12.[Ir].[c-]1ccccc1-c1ccccn1. The molecule has 8 rings (SSSR count). The second kappa shape index (κ2) is 13.0. The molecule has 4 heterocycles. The van der Waals surface area contributed by atoms with Crippen molar-refractivity contribution in [1.29, 1.82) is 0 Å². The minimum absolute atomic E-state index is 0. The van der Waals surface area contributed by atoms with Crippen LogP contribution in [0.25, 0.3) is 66.7 Å². The quantitative estimate of drug-likeness (QED) is 0.168. The fourth-order valence-corrected chi connectivity index (χ4v) is 5.55. The number of hydrogen-bond donors (Lipinski definition) is 0. The van der Waals surface area contributed by atoms with Crippen LogP contribution in [0.5, 0.6) is 0 Å². The van der Waals surface area contributed by atoms with Crippen molar-refractivity contribution in [2.24, 2.45) is 0 Å². The van der Waals surface area contributed by atoms with E-state index in [1.54, 1.807) is 6.20 Å². The molecular weight excluding hydrogens is 733 g/mol. The van der Waals surface area contributed by atoms with E-state index in [0.29, 0.717) is 5.92 Å². The fraction of sp³-hybridized carbons (Fsp3) is 0.100. The van der Waals surface area contributed by atoms with E-state index in [4.69, 9.17) is 8.83 Å². The minimum Gasteiger partial charge on any atom is -0.497 e. The van der Waals surface area contributed by atoms with Crippen molar-refractivity contribution >= 4 is 32.9 Å². The van der Waals surface area contributed by atoms with Crippen LogP contribution in [0.1, 0.15) is 30.9 Å². The van der Waals surface area contributed by atoms with Crippen molar-refractivity contribution in [1.82, 2.24) is 9.97 Å². The summed E-state index contributed by atoms with van der Waals surface area (Å²) >= 11 is 0. The van der Waals surface area contributed by atoms with E-state index < -0.39 is 0 Å². The van der Waals surface area contributed by atoms with E-state index in [0.717, 1.165) is 72.3 Å². The zero-order valence-corrected chi connectivity index (χ0v) is 27.6. The molecule has 223 valence electrons. The van der Waals surface area contributed by atoms with Crippen LogP contribution in [0.4, 0.5) is 0 Å². The monoisotopic (exact) mass is 763 g/mol. The molecule has 0 aliphatic rings. The van der Waals surface area contributed by atoms with Crippen LogP contribution < -0.4 is 0 Å². The third kappa shape index (κ3) is 5.85. The van der Waals surface area contributed by atoms with Crippen LogP contribution in [0.3, 0.4) is 0 Å². The smallest absolute Gasteiger partial charge is 0.177 e. The normalized spacial score (nSPS) is 11.0. The maximum atomic E-state index is 6.49. The summed E-state index contributed by atoms with van der Waals surface area (Å²) in [6.45, 7) is 6.47. The largest absolute Gasteiger partial charge is 0.497 e. The Morgan fingerprint density at radius 2 is 1.36 bits per heavy atom. The molecule has 4 aromatic heterocycles. The zero-order valence-electron chi connectivity index (χ0n) is 25.2. The predicted octanol–water partition coefficient (Wildman–Crippen LogP) is 10.8. The Hall–Kier alpha value is -4.83. The second-order valence-corrected chi connectivity index (χ2v) is 11.1. The fourth-order valence-electron chi connectivity index (χ4n) is 5.55. The maximum absolute atomic E-state index is 6.49. The molecule has 0 fully saturated rings. The van der Waals surface area contributed by atoms with Crippen LogP contribution >= 0.6 is 0 Å². The Balaban J connectivity index is 0.000000231. The van der Waals surface area contributed by atoms with Gasteiger partial charge in [-0.3, -0.25) is 0 Å². The molecule has 0 amide bonds. The van der Waals surface area contributed by atoms with Gasteiger partial charge in [-0.2, -0.15) is 0 Å². The third-order valence-corrected chi connectivity index (χ3v) is 7.90. The zero-order chi connectivity index (χ0) is 30.0. The Morgan fingerprint density at radius 3 is 2.11 bits per heavy atom. The average molecular weight is 763 g/mol. The molecule has 0 aliphatic carbocycles. The van der Waals surface area contributed by atoms with Gasteiger partial charge in [0.1, 0.15) is 5.76 Å². The summed E-state index contributed by atoms with van der Waals surface area (Å²) in [5.74, 6) is 1.31. The number of fused-ring (bicyclic) bond motifs is 5. The molecule has 0 unspecified atom stereocenters. The number of benzene rings is 4. The van der Waals surface area contributed by atoms with E-state index in [1.807, 2.05) is 72.9 Å². The topological polar surface area (TPSA) is 52.1 Å². The Labute approximate surface area is 276 Å². The molecule has 8 aromatic rings. The molecule has 1 radical (unpaired) electrons. The number of furan rings is 2. The number of aryl methyl sites for hydroxylation is 1. The molecule has 0 aliphatic heterocycles. The van der Waals surface area contributed by atoms with Crippen LogP contribution in [0, 0.1) is 19.1 Å². The summed E-state index contributed by atoms with van der Waals surface area (Å²) in [6.07, 6.45) is 3.65. The number of pyridine rings is 2. The Kier molecular flexibility index (Phi) is 8.75. The van der Waals surface area contributed by atoms with E-state index in [9.17, 15) is 0 Å². The van der Waals surface area contributed by atoms with Gasteiger partial charge >= 0.3 is 0 Å². The second-order valence-electron chi connectivity index (χ2n) is 11.1. The van der Waals surface area contributed by atoms with Gasteiger partial charge in [0.25, 0.3) is 0 Å². The van der Waals surface area contributed by atoms with Crippen molar-refractivity contribution in [2.75, 3.05) is 0 Å². The van der Waals surface area contributed by atoms with Gasteiger partial charge in [-0.1, -0.05) is 85.0 Å². The maximum Gasteiger partial charge on any atom is 0.177 e. The molecule has 0 spiro atoms. The van der Waals surface area contributed by atoms with Crippen molar-refractivity contribution in [3.05, 3.63) is 145 Å². The van der Waals surface area contributed by atoms with Crippen molar-refractivity contribution in [3.63, 3.8) is 0 Å². The summed E-state index contributed by atoms with van der Waals surface area (Å²) in [7, 11) is 0. The van der Waals surface area contributed by atoms with Crippen LogP contribution in [-0.2, 0) is 20.1 Å². The summed E-state index contributed by atoms with van der Waals surface area (Å²) in [5.41, 5.74) is 9.52. The first kappa shape index (κ1) is 30.2. The number of rotatable bonds is 4. The third-order valence-electron chi connectivity index (χ3n) is 7.90. The molecule has 45 heavy (non-hydrogen) atoms. The molecule has 4 nitrogen and oxygen atoms in total. The van der Waals surface area contributed by atoms with Crippen molar-refractivity contribution in [2.45, 2.75) is 26.7 Å². The predicted molar refractivity (Wildman–Crippen MR) is 178 cm³/mol. The van der Waals surface area contributed by atoms with Gasteiger partial charge in [-0.25, -0.2) is 0 Å². The van der Waals surface area contributed by atoms with E-state index in [1.165, 1.54) is 5.56 Å². The number of hydrogen-bond acceptors (Lipinski definition) is 4. The van der Waals surface area contributed by atoms with Crippen LogP contribution in [0.15, 0.2) is 130 Å². The summed E-state index contributed by atoms with van der Waals surface area (Å²) < 4.78 is 12.9. The van der Waals surface area contributed by atoms with Crippen LogP contribution in [0.2, 0.25) is 0 Å². The summed E-state index contributed by atoms with van der Waals surface area (Å²) in [6, 6.07) is 42.8. The molecule has 0 saturated carbocycles. The van der Waals surface area contributed by atoms with Gasteiger partial charge in [0.2, 0.25) is 0 Å². The minimum atomic E-state index is 0. The van der Waals surface area contributed by atoms with Crippen LogP contribution in [-0.4, -0.2) is 9.97 Å². The first-order valence-corrected chi connectivity index (χ1v) is 14.8. The first-order valence-electron chi connectivity index (χ1n) is 14.8. The summed E-state index contributed by atoms with van der Waals surface area (Å²) in [5, 5.41) is 3.15. The van der Waals surface area contributed by atoms with Gasteiger partial charge in [0, 0.05) is 54.4 Å². The number of nitrogens with zero attached hydrogens (tertiary/aromatic N) is 2. The Bertz CT molecular complexity index is 2170. The van der Waals surface area contributed by atoms with E-state index in [-0.39, 0.29) is 20.1 Å². The molecule has 0 bridgehead atoms. The molecule has 0 N–H and O–H groups in total. The van der Waals surface area contributed by atoms with Crippen molar-refractivity contribution < 1.29 is 28.9 Å². The van der Waals surface area contributed by atoms with Gasteiger partial charge in [-0.05, 0) is 42.4 Å². The summed E-state index contributed by atoms with van der Waals surface area (Å²) in [4.78, 5) is 8.84. The van der Waals surface area contributed by atoms with Gasteiger partial charge < -0.3 is 18.8 Å². The molecule has 0 atom stereocenters. The molecule has 4 aromatic carbocycles. The standard InChI is InChI=1S/C29H22NO2.C11H8N.Ir/c1-17(2)20-14-15-30-25(16-20)24-11-7-10-22-23-13-12-21-18(3)26(19-8-5-4-6-9-19)31-28(21)29(23)32-27(22)24;1-2-6-10(7-3-1)11-8-4-5-9-12-11;/h4-10,12-17H,1-3H3;1-6,8-9H;/q2*-1;. The first-order chi connectivity index (χ1) is 21.6. The van der Waals surface area contributed by atoms with E-state index in [2.05, 4.69) is 85.3 Å². The van der Waals surface area contributed by atoms with E-state index >= 15 is 0 Å². The van der Waals surface area contributed by atoms with Crippen molar-refractivity contribution in [3.8, 4) is 33.8 Å². The van der Waals surface area contributed by atoms with Gasteiger partial charge in [0.05, 0.1) is 5.58 Å². The Morgan fingerprint density at radius 1 is 0.622 bits per heavy atom. The van der Waals surface area contributed by atoms with Gasteiger partial charge in [0.15, 0.2) is 11.2 Å².